The second-order valence-electron chi connectivity index (χ2n) is 3.99. The molecule has 2 aromatic rings. The van der Waals surface area contributed by atoms with E-state index in [4.69, 9.17) is 14.7 Å². The lowest BCUT2D eigenvalue weighted by Gasteiger charge is -2.09. The topological polar surface area (TPSA) is 51.1 Å². The van der Waals surface area contributed by atoms with Crippen molar-refractivity contribution in [3.05, 3.63) is 47.8 Å². The van der Waals surface area contributed by atoms with Gasteiger partial charge in [0.05, 0.1) is 11.8 Å². The molecule has 0 spiro atoms. The van der Waals surface area contributed by atoms with Crippen LogP contribution in [0.2, 0.25) is 0 Å². The summed E-state index contributed by atoms with van der Waals surface area (Å²) in [6.45, 7) is 0.0995. The Morgan fingerprint density at radius 3 is 2.74 bits per heavy atom. The highest BCUT2D eigenvalue weighted by Gasteiger charge is 2.21. The highest BCUT2D eigenvalue weighted by molar-refractivity contribution is 5.95. The molecule has 0 bridgehead atoms. The number of hydrogen-bond donors (Lipinski definition) is 1. The molecule has 3 rings (SSSR count). The van der Waals surface area contributed by atoms with Crippen molar-refractivity contribution in [1.29, 1.82) is 0 Å². The van der Waals surface area contributed by atoms with E-state index in [1.54, 1.807) is 30.3 Å². The van der Waals surface area contributed by atoms with E-state index < -0.39 is 0 Å². The van der Waals surface area contributed by atoms with Crippen LogP contribution in [0.15, 0.2) is 41.6 Å². The summed E-state index contributed by atoms with van der Waals surface area (Å²) < 4.78 is 24.5. The lowest BCUT2D eigenvalue weighted by atomic mass is 9.98. The van der Waals surface area contributed by atoms with Crippen molar-refractivity contribution in [2.24, 2.45) is 5.16 Å². The third kappa shape index (κ3) is 1.89. The minimum atomic E-state index is -0.353. The first kappa shape index (κ1) is 11.5. The number of halogens is 1. The minimum Gasteiger partial charge on any atom is -0.454 e. The molecule has 1 aliphatic heterocycles. The van der Waals surface area contributed by atoms with Crippen molar-refractivity contribution >= 4 is 6.21 Å². The summed E-state index contributed by atoms with van der Waals surface area (Å²) in [6.07, 6.45) is 1.22. The Kier molecular flexibility index (Phi) is 2.79. The van der Waals surface area contributed by atoms with Gasteiger partial charge >= 0.3 is 0 Å². The van der Waals surface area contributed by atoms with Crippen LogP contribution in [0.4, 0.5) is 4.39 Å². The van der Waals surface area contributed by atoms with Crippen LogP contribution in [0.25, 0.3) is 11.1 Å². The summed E-state index contributed by atoms with van der Waals surface area (Å²) in [5, 5.41) is 11.8. The Morgan fingerprint density at radius 1 is 1.11 bits per heavy atom. The molecule has 1 N–H and O–H groups in total. The van der Waals surface area contributed by atoms with Gasteiger partial charge in [-0.1, -0.05) is 23.4 Å². The molecule has 2 aromatic carbocycles. The molecule has 0 radical (unpaired) electrons. The lowest BCUT2D eigenvalue weighted by molar-refractivity contribution is 0.174. The predicted octanol–water partition coefficient (Wildman–Crippen LogP) is 3.03. The van der Waals surface area contributed by atoms with Gasteiger partial charge in [0.1, 0.15) is 5.82 Å². The maximum Gasteiger partial charge on any atom is 0.231 e. The van der Waals surface area contributed by atoms with Crippen LogP contribution in [-0.4, -0.2) is 18.2 Å². The van der Waals surface area contributed by atoms with Crippen LogP contribution in [0.5, 0.6) is 11.5 Å². The Bertz CT molecular complexity index is 655. The van der Waals surface area contributed by atoms with Crippen LogP contribution in [0, 0.1) is 5.82 Å². The number of ether oxygens (including phenoxy) is 2. The van der Waals surface area contributed by atoms with Crippen molar-refractivity contribution in [1.82, 2.24) is 0 Å². The van der Waals surface area contributed by atoms with E-state index >= 15 is 0 Å². The largest absolute Gasteiger partial charge is 0.454 e. The molecule has 0 saturated heterocycles. The van der Waals surface area contributed by atoms with E-state index in [2.05, 4.69) is 5.16 Å². The van der Waals surface area contributed by atoms with E-state index in [9.17, 15) is 4.39 Å². The number of benzene rings is 2. The normalized spacial score (nSPS) is 13.1. The van der Waals surface area contributed by atoms with Gasteiger partial charge in [-0.05, 0) is 23.8 Å². The molecule has 1 heterocycles. The zero-order valence-electron chi connectivity index (χ0n) is 9.84. The van der Waals surface area contributed by atoms with Crippen LogP contribution in [0.3, 0.4) is 0 Å². The zero-order chi connectivity index (χ0) is 13.2. The summed E-state index contributed by atoms with van der Waals surface area (Å²) in [5.74, 6) is 0.655. The molecule has 0 aromatic heterocycles. The average molecular weight is 259 g/mol. The maximum absolute atomic E-state index is 13.9. The molecule has 0 unspecified atom stereocenters. The fourth-order valence-corrected chi connectivity index (χ4v) is 2.09. The van der Waals surface area contributed by atoms with Crippen LogP contribution < -0.4 is 9.47 Å². The Hall–Kier alpha value is -2.56. The van der Waals surface area contributed by atoms with Gasteiger partial charge in [0.2, 0.25) is 6.79 Å². The second kappa shape index (κ2) is 4.61. The monoisotopic (exact) mass is 259 g/mol. The highest BCUT2D eigenvalue weighted by atomic mass is 19.1. The van der Waals surface area contributed by atoms with Crippen molar-refractivity contribution in [2.45, 2.75) is 0 Å². The van der Waals surface area contributed by atoms with E-state index in [-0.39, 0.29) is 12.6 Å². The standard InChI is InChI=1S/C14H10FNO3/c15-12-4-2-1-3-10(12)9-5-6-13-14(19-8-18-13)11(9)7-16-17/h1-7,17H,8H2/b16-7+. The lowest BCUT2D eigenvalue weighted by Crippen LogP contribution is -1.96. The van der Waals surface area contributed by atoms with E-state index in [1.807, 2.05) is 0 Å². The van der Waals surface area contributed by atoms with Gasteiger partial charge in [0.25, 0.3) is 0 Å². The van der Waals surface area contributed by atoms with Crippen LogP contribution in [-0.2, 0) is 0 Å². The minimum absolute atomic E-state index is 0.0995. The van der Waals surface area contributed by atoms with Crippen molar-refractivity contribution < 1.29 is 19.1 Å². The van der Waals surface area contributed by atoms with Crippen molar-refractivity contribution in [3.8, 4) is 22.6 Å². The molecular weight excluding hydrogens is 249 g/mol. The van der Waals surface area contributed by atoms with Crippen molar-refractivity contribution in [3.63, 3.8) is 0 Å². The summed E-state index contributed by atoms with van der Waals surface area (Å²) >= 11 is 0. The quantitative estimate of drug-likeness (QED) is 0.512. The third-order valence-electron chi connectivity index (χ3n) is 2.93. The van der Waals surface area contributed by atoms with E-state index in [0.717, 1.165) is 0 Å². The van der Waals surface area contributed by atoms with Crippen LogP contribution in [0.1, 0.15) is 5.56 Å². The first-order chi connectivity index (χ1) is 9.31. The third-order valence-corrected chi connectivity index (χ3v) is 2.93. The molecule has 0 saturated carbocycles. The molecule has 19 heavy (non-hydrogen) atoms. The first-order valence-corrected chi connectivity index (χ1v) is 5.66. The molecule has 1 aliphatic rings. The summed E-state index contributed by atoms with van der Waals surface area (Å²) in [7, 11) is 0. The van der Waals surface area contributed by atoms with E-state index in [1.165, 1.54) is 12.3 Å². The van der Waals surface area contributed by atoms with Gasteiger partial charge in [0, 0.05) is 5.56 Å². The Balaban J connectivity index is 2.25. The predicted molar refractivity (Wildman–Crippen MR) is 67.3 cm³/mol. The number of rotatable bonds is 2. The molecule has 96 valence electrons. The molecule has 0 fully saturated rings. The molecule has 4 nitrogen and oxygen atoms in total. The smallest absolute Gasteiger partial charge is 0.231 e. The summed E-state index contributed by atoms with van der Waals surface area (Å²) in [5.41, 5.74) is 1.48. The number of hydrogen-bond acceptors (Lipinski definition) is 4. The first-order valence-electron chi connectivity index (χ1n) is 5.66. The number of fused-ring (bicyclic) bond motifs is 1. The van der Waals surface area contributed by atoms with Gasteiger partial charge in [-0.3, -0.25) is 0 Å². The van der Waals surface area contributed by atoms with Crippen LogP contribution >= 0.6 is 0 Å². The number of nitrogens with zero attached hydrogens (tertiary/aromatic N) is 1. The molecular formula is C14H10FNO3. The summed E-state index contributed by atoms with van der Waals surface area (Å²) in [6, 6.07) is 9.80. The molecule has 5 heteroatoms. The van der Waals surface area contributed by atoms with Gasteiger partial charge < -0.3 is 14.7 Å². The molecule has 0 atom stereocenters. The second-order valence-corrected chi connectivity index (χ2v) is 3.99. The number of oxime groups is 1. The Morgan fingerprint density at radius 2 is 1.95 bits per heavy atom. The van der Waals surface area contributed by atoms with E-state index in [0.29, 0.717) is 28.2 Å². The van der Waals surface area contributed by atoms with Crippen molar-refractivity contribution in [2.75, 3.05) is 6.79 Å². The Labute approximate surface area is 108 Å². The van der Waals surface area contributed by atoms with Gasteiger partial charge in [-0.2, -0.15) is 0 Å². The fraction of sp³-hybridized carbons (Fsp3) is 0.0714. The molecule has 0 amide bonds. The SMILES string of the molecule is O/N=C/c1c(-c2ccccc2F)ccc2c1OCO2. The van der Waals surface area contributed by atoms with Gasteiger partial charge in [-0.15, -0.1) is 0 Å². The summed E-state index contributed by atoms with van der Waals surface area (Å²) in [4.78, 5) is 0. The maximum atomic E-state index is 13.9. The fourth-order valence-electron chi connectivity index (χ4n) is 2.09. The zero-order valence-corrected chi connectivity index (χ0v) is 9.84. The van der Waals surface area contributed by atoms with Gasteiger partial charge in [-0.25, -0.2) is 4.39 Å². The highest BCUT2D eigenvalue weighted by Crippen LogP contribution is 2.40. The molecule has 0 aliphatic carbocycles. The van der Waals surface area contributed by atoms with Gasteiger partial charge in [0.15, 0.2) is 11.5 Å². The average Bonchev–Trinajstić information content (AvgIpc) is 2.89.